The molecule has 0 bridgehead atoms. The Morgan fingerprint density at radius 1 is 1.52 bits per heavy atom. The number of nitrogens with two attached hydrogens (primary N) is 1. The lowest BCUT2D eigenvalue weighted by Crippen LogP contribution is -2.39. The number of thiophene rings is 1. The first-order chi connectivity index (χ1) is 10.8. The van der Waals surface area contributed by atoms with E-state index < -0.39 is 10.0 Å². The van der Waals surface area contributed by atoms with Gasteiger partial charge in [0, 0.05) is 25.0 Å². The van der Waals surface area contributed by atoms with Gasteiger partial charge in [0.2, 0.25) is 10.0 Å². The minimum Gasteiger partial charge on any atom is -0.351 e. The zero-order valence-electron chi connectivity index (χ0n) is 13.9. The molecule has 2 heterocycles. The summed E-state index contributed by atoms with van der Waals surface area (Å²) in [6.07, 6.45) is 2.45. The van der Waals surface area contributed by atoms with E-state index in [0.717, 1.165) is 35.8 Å². The molecule has 1 aliphatic rings. The number of likely N-dealkylation sites (tertiary alicyclic amines) is 1. The van der Waals surface area contributed by atoms with E-state index >= 15 is 0 Å². The molecule has 0 aliphatic carbocycles. The quantitative estimate of drug-likeness (QED) is 0.621. The number of rotatable bonds is 5. The Morgan fingerprint density at radius 3 is 2.83 bits per heavy atom. The van der Waals surface area contributed by atoms with Gasteiger partial charge in [-0.1, -0.05) is 13.8 Å². The van der Waals surface area contributed by atoms with Crippen molar-refractivity contribution in [3.05, 3.63) is 17.0 Å². The van der Waals surface area contributed by atoms with E-state index in [2.05, 4.69) is 29.1 Å². The van der Waals surface area contributed by atoms with Crippen LogP contribution < -0.4 is 10.5 Å². The molecule has 1 aromatic heterocycles. The summed E-state index contributed by atoms with van der Waals surface area (Å²) in [6, 6.07) is 3.34. The molecule has 2 rings (SSSR count). The molecule has 1 unspecified atom stereocenters. The summed E-state index contributed by atoms with van der Waals surface area (Å²) in [7, 11) is -1.83. The molecule has 1 fully saturated rings. The fourth-order valence-electron chi connectivity index (χ4n) is 2.99. The minimum atomic E-state index is -3.61. The standard InChI is InChI=1S/C15H26N4O2S2/c1-11(2)8-12-6-7-19(10-12)15(17-3)18-9-13-4-5-14(22-13)23(16,20)21/h4-5,11-12H,6-10H2,1-3H3,(H,17,18)(H2,16,20,21). The lowest BCUT2D eigenvalue weighted by molar-refractivity contribution is 0.403. The number of nitrogens with one attached hydrogen (secondary N) is 1. The summed E-state index contributed by atoms with van der Waals surface area (Å²) in [4.78, 5) is 7.55. The van der Waals surface area contributed by atoms with E-state index in [-0.39, 0.29) is 4.21 Å². The van der Waals surface area contributed by atoms with Crippen molar-refractivity contribution < 1.29 is 8.42 Å². The highest BCUT2D eigenvalue weighted by atomic mass is 32.2. The van der Waals surface area contributed by atoms with Gasteiger partial charge in [0.15, 0.2) is 5.96 Å². The Labute approximate surface area is 142 Å². The molecule has 0 radical (unpaired) electrons. The summed E-state index contributed by atoms with van der Waals surface area (Å²) < 4.78 is 22.8. The molecule has 0 amide bonds. The number of hydrogen-bond acceptors (Lipinski definition) is 4. The normalized spacial score (nSPS) is 19.6. The number of primary sulfonamides is 1. The molecule has 6 nitrogen and oxygen atoms in total. The van der Waals surface area contributed by atoms with E-state index in [1.165, 1.54) is 24.2 Å². The molecule has 23 heavy (non-hydrogen) atoms. The van der Waals surface area contributed by atoms with Crippen LogP contribution in [0.25, 0.3) is 0 Å². The summed E-state index contributed by atoms with van der Waals surface area (Å²) in [6.45, 7) is 7.12. The van der Waals surface area contributed by atoms with Crippen molar-refractivity contribution in [1.29, 1.82) is 0 Å². The van der Waals surface area contributed by atoms with E-state index in [1.807, 2.05) is 0 Å². The number of nitrogens with zero attached hydrogens (tertiary/aromatic N) is 2. The van der Waals surface area contributed by atoms with Crippen LogP contribution in [-0.2, 0) is 16.6 Å². The fourth-order valence-corrected chi connectivity index (χ4v) is 4.71. The molecular formula is C15H26N4O2S2. The second-order valence-electron chi connectivity index (χ2n) is 6.40. The number of aliphatic imine (C=N–C) groups is 1. The van der Waals surface area contributed by atoms with E-state index in [4.69, 9.17) is 5.14 Å². The second-order valence-corrected chi connectivity index (χ2v) is 9.35. The summed E-state index contributed by atoms with van der Waals surface area (Å²) in [5, 5.41) is 8.45. The van der Waals surface area contributed by atoms with Crippen LogP contribution in [0, 0.1) is 11.8 Å². The van der Waals surface area contributed by atoms with Crippen molar-refractivity contribution in [3.8, 4) is 0 Å². The highest BCUT2D eigenvalue weighted by molar-refractivity contribution is 7.91. The van der Waals surface area contributed by atoms with Gasteiger partial charge in [-0.3, -0.25) is 4.99 Å². The average Bonchev–Trinajstić information content (AvgIpc) is 3.08. The van der Waals surface area contributed by atoms with Gasteiger partial charge >= 0.3 is 0 Å². The van der Waals surface area contributed by atoms with Crippen LogP contribution in [0.3, 0.4) is 0 Å². The molecule has 130 valence electrons. The van der Waals surface area contributed by atoms with Crippen LogP contribution in [0.4, 0.5) is 0 Å². The van der Waals surface area contributed by atoms with Crippen LogP contribution in [0.15, 0.2) is 21.3 Å². The van der Waals surface area contributed by atoms with Gasteiger partial charge in [-0.25, -0.2) is 13.6 Å². The van der Waals surface area contributed by atoms with Crippen molar-refractivity contribution in [2.45, 2.75) is 37.4 Å². The Morgan fingerprint density at radius 2 is 2.26 bits per heavy atom. The van der Waals surface area contributed by atoms with Gasteiger partial charge in [0.1, 0.15) is 4.21 Å². The molecular weight excluding hydrogens is 332 g/mol. The van der Waals surface area contributed by atoms with Crippen LogP contribution in [-0.4, -0.2) is 39.4 Å². The Bertz CT molecular complexity index is 652. The molecule has 1 aliphatic heterocycles. The second kappa shape index (κ2) is 7.63. The maximum Gasteiger partial charge on any atom is 0.247 e. The van der Waals surface area contributed by atoms with Crippen LogP contribution in [0.5, 0.6) is 0 Å². The molecule has 0 saturated carbocycles. The van der Waals surface area contributed by atoms with Crippen molar-refractivity contribution in [2.75, 3.05) is 20.1 Å². The fraction of sp³-hybridized carbons (Fsp3) is 0.667. The molecule has 1 atom stereocenters. The third kappa shape index (κ3) is 5.19. The smallest absolute Gasteiger partial charge is 0.247 e. The monoisotopic (exact) mass is 358 g/mol. The Balaban J connectivity index is 1.90. The van der Waals surface area contributed by atoms with Gasteiger partial charge in [0.25, 0.3) is 0 Å². The topological polar surface area (TPSA) is 87.8 Å². The number of sulfonamides is 1. The molecule has 3 N–H and O–H groups in total. The van der Waals surface area contributed by atoms with E-state index in [9.17, 15) is 8.42 Å². The summed E-state index contributed by atoms with van der Waals surface area (Å²) >= 11 is 1.19. The van der Waals surface area contributed by atoms with Gasteiger partial charge in [-0.15, -0.1) is 11.3 Å². The first kappa shape index (κ1) is 18.2. The van der Waals surface area contributed by atoms with Crippen molar-refractivity contribution in [3.63, 3.8) is 0 Å². The van der Waals surface area contributed by atoms with Gasteiger partial charge in [-0.05, 0) is 36.8 Å². The largest absolute Gasteiger partial charge is 0.351 e. The predicted octanol–water partition coefficient (Wildman–Crippen LogP) is 1.84. The highest BCUT2D eigenvalue weighted by Crippen LogP contribution is 2.24. The maximum atomic E-state index is 11.3. The van der Waals surface area contributed by atoms with Crippen LogP contribution in [0.1, 0.15) is 31.6 Å². The van der Waals surface area contributed by atoms with E-state index in [1.54, 1.807) is 19.2 Å². The van der Waals surface area contributed by atoms with Gasteiger partial charge in [0.05, 0.1) is 6.54 Å². The summed E-state index contributed by atoms with van der Waals surface area (Å²) in [5.41, 5.74) is 0. The van der Waals surface area contributed by atoms with Crippen molar-refractivity contribution >= 4 is 27.3 Å². The van der Waals surface area contributed by atoms with Crippen molar-refractivity contribution in [2.24, 2.45) is 22.0 Å². The lowest BCUT2D eigenvalue weighted by atomic mass is 9.97. The lowest BCUT2D eigenvalue weighted by Gasteiger charge is -2.21. The van der Waals surface area contributed by atoms with E-state index in [0.29, 0.717) is 6.54 Å². The summed E-state index contributed by atoms with van der Waals surface area (Å²) in [5.74, 6) is 2.32. The molecule has 8 heteroatoms. The number of guanidine groups is 1. The molecule has 1 saturated heterocycles. The molecule has 0 aromatic carbocycles. The third-order valence-electron chi connectivity index (χ3n) is 3.94. The first-order valence-electron chi connectivity index (χ1n) is 7.86. The van der Waals surface area contributed by atoms with Crippen LogP contribution in [0.2, 0.25) is 0 Å². The van der Waals surface area contributed by atoms with Gasteiger partial charge < -0.3 is 10.2 Å². The predicted molar refractivity (Wildman–Crippen MR) is 95.0 cm³/mol. The Hall–Kier alpha value is -1.12. The molecule has 1 aromatic rings. The SMILES string of the molecule is CN=C(NCc1ccc(S(N)(=O)=O)s1)N1CCC(CC(C)C)C1. The van der Waals surface area contributed by atoms with Crippen LogP contribution >= 0.6 is 11.3 Å². The van der Waals surface area contributed by atoms with Crippen molar-refractivity contribution in [1.82, 2.24) is 10.2 Å². The zero-order chi connectivity index (χ0) is 17.0. The minimum absolute atomic E-state index is 0.197. The zero-order valence-corrected chi connectivity index (χ0v) is 15.6. The third-order valence-corrected chi connectivity index (χ3v) is 6.46. The highest BCUT2D eigenvalue weighted by Gasteiger charge is 2.25. The maximum absolute atomic E-state index is 11.3. The van der Waals surface area contributed by atoms with Gasteiger partial charge in [-0.2, -0.15) is 0 Å². The first-order valence-corrected chi connectivity index (χ1v) is 10.2. The molecule has 0 spiro atoms. The average molecular weight is 359 g/mol. The number of hydrogen-bond donors (Lipinski definition) is 2. The Kier molecular flexibility index (Phi) is 6.05.